The topological polar surface area (TPSA) is 17.1 Å². The average molecular weight is 380 g/mol. The second kappa shape index (κ2) is 4.35. The van der Waals surface area contributed by atoms with Crippen molar-refractivity contribution in [2.24, 2.45) is 0 Å². The molecule has 0 N–H and O–H groups in total. The van der Waals surface area contributed by atoms with Gasteiger partial charge in [0.05, 0.1) is 10.8 Å². The maximum absolute atomic E-state index is 12.4. The van der Waals surface area contributed by atoms with Crippen molar-refractivity contribution in [2.45, 2.75) is 32.9 Å². The number of hydrogen-bond donors (Lipinski definition) is 0. The van der Waals surface area contributed by atoms with Gasteiger partial charge in [-0.2, -0.15) is 52.7 Å². The fourth-order valence-corrected chi connectivity index (χ4v) is 5.07. The zero-order chi connectivity index (χ0) is 17.3. The summed E-state index contributed by atoms with van der Waals surface area (Å²) in [7, 11) is -5.40. The van der Waals surface area contributed by atoms with Gasteiger partial charge >= 0.3 is 24.7 Å². The van der Waals surface area contributed by atoms with Crippen LogP contribution in [0.1, 0.15) is 0 Å². The van der Waals surface area contributed by atoms with Crippen LogP contribution in [0, 0.1) is 0 Å². The normalized spacial score (nSPS) is 23.8. The van der Waals surface area contributed by atoms with Crippen LogP contribution in [0.15, 0.2) is 0 Å². The quantitative estimate of drug-likeness (QED) is 0.588. The van der Waals surface area contributed by atoms with E-state index >= 15 is 0 Å². The van der Waals surface area contributed by atoms with Crippen LogP contribution < -0.4 is 0 Å². The molecular weight excluding hydrogens is 380 g/mol. The molecule has 1 aliphatic rings. The Kier molecular flexibility index (Phi) is 3.88. The first-order chi connectivity index (χ1) is 8.86. The highest BCUT2D eigenvalue weighted by atomic mass is 32.3. The summed E-state index contributed by atoms with van der Waals surface area (Å²) in [5.41, 5.74) is 0. The van der Waals surface area contributed by atoms with Crippen LogP contribution in [0.3, 0.4) is 0 Å². The lowest BCUT2D eigenvalue weighted by Crippen LogP contribution is -2.78. The molecule has 0 aliphatic carbocycles. The monoisotopic (exact) mass is 380 g/mol. The van der Waals surface area contributed by atoms with Crippen molar-refractivity contribution in [3.05, 3.63) is 0 Å². The van der Waals surface area contributed by atoms with E-state index in [0.29, 0.717) is 0 Å². The molecule has 0 atom stereocenters. The lowest BCUT2D eigenvalue weighted by molar-refractivity contribution is -0.261. The Morgan fingerprint density at radius 2 is 0.762 bits per heavy atom. The fraction of sp³-hybridized carbons (Fsp3) is 1.00. The van der Waals surface area contributed by atoms with Crippen molar-refractivity contribution < 1.29 is 56.9 Å². The summed E-state index contributed by atoms with van der Waals surface area (Å²) in [6.45, 7) is 0. The third-order valence-electron chi connectivity index (χ3n) is 2.30. The molecule has 0 amide bonds. The van der Waals surface area contributed by atoms with E-state index in [2.05, 4.69) is 0 Å². The van der Waals surface area contributed by atoms with Crippen LogP contribution in [0.2, 0.25) is 0 Å². The maximum Gasteiger partial charge on any atom is 0.423 e. The molecule has 1 aliphatic heterocycles. The largest absolute Gasteiger partial charge is 0.423 e. The number of halogens is 12. The van der Waals surface area contributed by atoms with Crippen LogP contribution in [0.25, 0.3) is 0 Å². The molecule has 1 rings (SSSR count). The molecule has 0 radical (unpaired) electrons. The molecule has 1 fully saturated rings. The van der Waals surface area contributed by atoms with E-state index in [1.165, 1.54) is 0 Å². The minimum Gasteiger partial charge on any atom is -0.255 e. The summed E-state index contributed by atoms with van der Waals surface area (Å²) in [6.07, 6.45) is -26.5. The zero-order valence-electron chi connectivity index (χ0n) is 8.76. The smallest absolute Gasteiger partial charge is 0.255 e. The summed E-state index contributed by atoms with van der Waals surface area (Å²) >= 11 is -2.50. The zero-order valence-corrected chi connectivity index (χ0v) is 10.4. The average Bonchev–Trinajstić information content (AvgIpc) is 2.06. The van der Waals surface area contributed by atoms with Crippen molar-refractivity contribution in [3.63, 3.8) is 0 Å². The molecule has 0 spiro atoms. The van der Waals surface area contributed by atoms with Gasteiger partial charge < -0.3 is 0 Å². The third-order valence-corrected chi connectivity index (χ3v) is 7.18. The molecular formula is C6F12OS2. The number of thioether (sulfide) groups is 1. The Balaban J connectivity index is 3.57. The first-order valence-electron chi connectivity index (χ1n) is 4.25. The van der Waals surface area contributed by atoms with Crippen molar-refractivity contribution in [1.82, 2.24) is 0 Å². The molecule has 0 bridgehead atoms. The van der Waals surface area contributed by atoms with Gasteiger partial charge in [-0.25, -0.2) is 0 Å². The molecule has 1 nitrogen and oxygen atoms in total. The van der Waals surface area contributed by atoms with Crippen molar-refractivity contribution in [3.8, 4) is 0 Å². The van der Waals surface area contributed by atoms with Gasteiger partial charge in [-0.05, 0) is 0 Å². The third kappa shape index (κ3) is 2.13. The number of rotatable bonds is 0. The van der Waals surface area contributed by atoms with Crippen molar-refractivity contribution in [2.75, 3.05) is 0 Å². The minimum absolute atomic E-state index is 2.50. The van der Waals surface area contributed by atoms with Crippen molar-refractivity contribution >= 4 is 22.6 Å². The molecule has 21 heavy (non-hydrogen) atoms. The Morgan fingerprint density at radius 1 is 0.571 bits per heavy atom. The van der Waals surface area contributed by atoms with E-state index in [1.807, 2.05) is 0 Å². The first kappa shape index (κ1) is 18.7. The van der Waals surface area contributed by atoms with E-state index in [1.54, 1.807) is 0 Å². The first-order valence-corrected chi connectivity index (χ1v) is 6.22. The number of alkyl halides is 12. The van der Waals surface area contributed by atoms with Gasteiger partial charge in [0.25, 0.3) is 8.16 Å². The van der Waals surface area contributed by atoms with Crippen molar-refractivity contribution in [1.29, 1.82) is 0 Å². The van der Waals surface area contributed by atoms with Crippen LogP contribution in [-0.2, 0) is 10.8 Å². The predicted octanol–water partition coefficient (Wildman–Crippen LogP) is 4.12. The molecule has 0 unspecified atom stereocenters. The Labute approximate surface area is 113 Å². The summed E-state index contributed by atoms with van der Waals surface area (Å²) in [5.74, 6) is 0. The van der Waals surface area contributed by atoms with Crippen LogP contribution >= 0.6 is 11.8 Å². The van der Waals surface area contributed by atoms with Gasteiger partial charge in [0.15, 0.2) is 0 Å². The Morgan fingerprint density at radius 3 is 0.857 bits per heavy atom. The molecule has 0 aromatic rings. The highest BCUT2D eigenvalue weighted by molar-refractivity contribution is 8.29. The van der Waals surface area contributed by atoms with E-state index in [9.17, 15) is 56.9 Å². The van der Waals surface area contributed by atoms with Gasteiger partial charge in [0.2, 0.25) is 0 Å². The lowest BCUT2D eigenvalue weighted by Gasteiger charge is -2.54. The summed E-state index contributed by atoms with van der Waals surface area (Å²) in [5, 5.41) is 0. The van der Waals surface area contributed by atoms with Gasteiger partial charge in [-0.3, -0.25) is 4.21 Å². The fourth-order valence-electron chi connectivity index (χ4n) is 1.42. The van der Waals surface area contributed by atoms with Gasteiger partial charge in [0.1, 0.15) is 0 Å². The maximum atomic E-state index is 12.4. The summed E-state index contributed by atoms with van der Waals surface area (Å²) in [4.78, 5) is 0. The Hall–Kier alpha value is -0.340. The van der Waals surface area contributed by atoms with E-state index in [0.717, 1.165) is 0 Å². The molecule has 126 valence electrons. The number of hydrogen-bond acceptors (Lipinski definition) is 2. The molecule has 0 aromatic heterocycles. The lowest BCUT2D eigenvalue weighted by atomic mass is 10.3. The highest BCUT2D eigenvalue weighted by Crippen LogP contribution is 2.75. The second-order valence-corrected chi connectivity index (χ2v) is 7.30. The molecule has 1 heterocycles. The summed E-state index contributed by atoms with van der Waals surface area (Å²) in [6, 6.07) is 0. The van der Waals surface area contributed by atoms with Crippen LogP contribution in [-0.4, -0.2) is 37.1 Å². The van der Waals surface area contributed by atoms with Gasteiger partial charge in [-0.1, -0.05) is 11.8 Å². The van der Waals surface area contributed by atoms with Gasteiger partial charge in [0, 0.05) is 0 Å². The predicted molar refractivity (Wildman–Crippen MR) is 45.4 cm³/mol. The van der Waals surface area contributed by atoms with E-state index in [-0.39, 0.29) is 0 Å². The van der Waals surface area contributed by atoms with Crippen LogP contribution in [0.5, 0.6) is 0 Å². The standard InChI is InChI=1S/C6F12OS2/c7-3(8,9)1(4(10,11)12)20-2(21(1)19,5(13,14)15)6(16,17)18. The minimum atomic E-state index is -6.62. The molecule has 1 saturated heterocycles. The highest BCUT2D eigenvalue weighted by Gasteiger charge is 2.97. The van der Waals surface area contributed by atoms with E-state index in [4.69, 9.17) is 0 Å². The Bertz CT molecular complexity index is 384. The molecule has 0 aromatic carbocycles. The summed E-state index contributed by atoms with van der Waals surface area (Å²) < 4.78 is 148. The molecule has 15 heteroatoms. The van der Waals surface area contributed by atoms with Crippen LogP contribution in [0.4, 0.5) is 52.7 Å². The second-order valence-electron chi connectivity index (χ2n) is 3.59. The molecule has 0 saturated carbocycles. The van der Waals surface area contributed by atoms with Gasteiger partial charge in [-0.15, -0.1) is 0 Å². The van der Waals surface area contributed by atoms with E-state index < -0.39 is 55.4 Å². The SMILES string of the molecule is O=S1C(C(F)(F)F)(C(F)(F)F)SC1(C(F)(F)F)C(F)(F)F.